The van der Waals surface area contributed by atoms with Gasteiger partial charge in [0.15, 0.2) is 11.5 Å². The van der Waals surface area contributed by atoms with Gasteiger partial charge in [0.2, 0.25) is 0 Å². The number of nitro benzene ring substituents is 1. The van der Waals surface area contributed by atoms with Crippen LogP contribution < -0.4 is 14.8 Å². The first-order chi connectivity index (χ1) is 12.3. The van der Waals surface area contributed by atoms with Crippen molar-refractivity contribution in [2.45, 2.75) is 6.29 Å². The number of nitrogens with zero attached hydrogens (tertiary/aromatic N) is 1. The van der Waals surface area contributed by atoms with Gasteiger partial charge in [-0.05, 0) is 18.2 Å². The minimum Gasteiger partial charge on any atom is -0.395 e. The molecule has 0 spiro atoms. The number of aromatic amines is 1. The number of hydrogen-bond donors (Lipinski definition) is 2. The highest BCUT2D eigenvalue weighted by Gasteiger charge is 2.43. The number of carbonyl (C=O) groups excluding carboxylic acids is 1. The van der Waals surface area contributed by atoms with E-state index in [1.54, 1.807) is 0 Å². The lowest BCUT2D eigenvalue weighted by Crippen LogP contribution is -2.25. The van der Waals surface area contributed by atoms with Crippen molar-refractivity contribution in [2.75, 3.05) is 5.32 Å². The van der Waals surface area contributed by atoms with Crippen LogP contribution in [0.25, 0.3) is 10.9 Å². The predicted molar refractivity (Wildman–Crippen MR) is 85.6 cm³/mol. The summed E-state index contributed by atoms with van der Waals surface area (Å²) >= 11 is 0. The van der Waals surface area contributed by atoms with Crippen LogP contribution >= 0.6 is 0 Å². The third-order valence-electron chi connectivity index (χ3n) is 3.78. The Morgan fingerprint density at radius 1 is 1.15 bits per heavy atom. The summed E-state index contributed by atoms with van der Waals surface area (Å²) in [7, 11) is 0. The second kappa shape index (κ2) is 5.41. The van der Waals surface area contributed by atoms with Gasteiger partial charge in [0, 0.05) is 41.0 Å². The summed E-state index contributed by atoms with van der Waals surface area (Å²) in [6.45, 7) is 0. The number of nitro groups is 1. The highest BCUT2D eigenvalue weighted by atomic mass is 19.3. The van der Waals surface area contributed by atoms with E-state index in [-0.39, 0.29) is 28.4 Å². The molecule has 0 saturated carbocycles. The molecule has 1 amide bonds. The zero-order valence-corrected chi connectivity index (χ0v) is 12.8. The van der Waals surface area contributed by atoms with Crippen molar-refractivity contribution in [1.82, 2.24) is 4.98 Å². The van der Waals surface area contributed by atoms with Crippen molar-refractivity contribution in [3.05, 3.63) is 58.3 Å². The highest BCUT2D eigenvalue weighted by molar-refractivity contribution is 6.13. The van der Waals surface area contributed by atoms with Crippen LogP contribution in [0.15, 0.2) is 42.6 Å². The summed E-state index contributed by atoms with van der Waals surface area (Å²) in [5.74, 6) is -0.916. The minimum atomic E-state index is -3.75. The van der Waals surface area contributed by atoms with E-state index in [1.807, 2.05) is 0 Å². The third kappa shape index (κ3) is 2.66. The standard InChI is InChI=1S/C16H9F2N3O5/c17-16(18)25-13-4-1-8(5-14(13)26-16)20-15(22)11-7-19-12-3-2-9(21(23)24)6-10(11)12/h1-7,19H,(H,20,22). The molecule has 4 rings (SSSR count). The second-order valence-corrected chi connectivity index (χ2v) is 5.47. The zero-order valence-electron chi connectivity index (χ0n) is 12.8. The Bertz CT molecular complexity index is 1060. The fraction of sp³-hybridized carbons (Fsp3) is 0.0625. The molecule has 0 unspecified atom stereocenters. The first kappa shape index (κ1) is 15.8. The average molecular weight is 361 g/mol. The lowest BCUT2D eigenvalue weighted by atomic mass is 10.1. The molecule has 0 fully saturated rings. The number of alkyl halides is 2. The van der Waals surface area contributed by atoms with E-state index in [0.29, 0.717) is 10.9 Å². The van der Waals surface area contributed by atoms with Gasteiger partial charge < -0.3 is 19.8 Å². The molecule has 26 heavy (non-hydrogen) atoms. The maximum atomic E-state index is 13.0. The number of H-pyrrole nitrogens is 1. The number of hydrogen-bond acceptors (Lipinski definition) is 5. The van der Waals surface area contributed by atoms with E-state index in [0.717, 1.165) is 0 Å². The first-order valence-corrected chi connectivity index (χ1v) is 7.29. The molecule has 1 aliphatic rings. The van der Waals surface area contributed by atoms with Crippen LogP contribution in [0.4, 0.5) is 20.2 Å². The van der Waals surface area contributed by atoms with Gasteiger partial charge in [-0.25, -0.2) is 0 Å². The summed E-state index contributed by atoms with van der Waals surface area (Å²) in [5.41, 5.74) is 0.768. The molecule has 8 nitrogen and oxygen atoms in total. The van der Waals surface area contributed by atoms with Gasteiger partial charge in [0.1, 0.15) is 0 Å². The van der Waals surface area contributed by atoms with Crippen LogP contribution in [-0.4, -0.2) is 22.1 Å². The van der Waals surface area contributed by atoms with Gasteiger partial charge in [-0.1, -0.05) is 0 Å². The fourth-order valence-electron chi connectivity index (χ4n) is 2.64. The Morgan fingerprint density at radius 2 is 1.92 bits per heavy atom. The molecule has 132 valence electrons. The molecule has 0 bridgehead atoms. The van der Waals surface area contributed by atoms with Crippen molar-refractivity contribution < 1.29 is 28.0 Å². The molecular weight excluding hydrogens is 352 g/mol. The Balaban J connectivity index is 1.62. The number of rotatable bonds is 3. The maximum absolute atomic E-state index is 13.0. The van der Waals surface area contributed by atoms with E-state index in [4.69, 9.17) is 0 Å². The first-order valence-electron chi connectivity index (χ1n) is 7.29. The molecule has 2 aromatic carbocycles. The third-order valence-corrected chi connectivity index (χ3v) is 3.78. The molecule has 10 heteroatoms. The van der Waals surface area contributed by atoms with Crippen molar-refractivity contribution in [3.8, 4) is 11.5 Å². The number of aromatic nitrogens is 1. The molecule has 0 atom stereocenters. The van der Waals surface area contributed by atoms with E-state index in [9.17, 15) is 23.7 Å². The molecule has 0 radical (unpaired) electrons. The summed E-state index contributed by atoms with van der Waals surface area (Å²) in [6, 6.07) is 7.91. The van der Waals surface area contributed by atoms with Gasteiger partial charge in [-0.3, -0.25) is 14.9 Å². The van der Waals surface area contributed by atoms with Gasteiger partial charge in [0.25, 0.3) is 11.6 Å². The lowest BCUT2D eigenvalue weighted by Gasteiger charge is -2.05. The number of ether oxygens (including phenoxy) is 2. The van der Waals surface area contributed by atoms with E-state index < -0.39 is 17.1 Å². The second-order valence-electron chi connectivity index (χ2n) is 5.47. The number of benzene rings is 2. The summed E-state index contributed by atoms with van der Waals surface area (Å²) in [6.07, 6.45) is -2.34. The van der Waals surface area contributed by atoms with E-state index in [2.05, 4.69) is 19.8 Å². The van der Waals surface area contributed by atoms with Crippen molar-refractivity contribution in [1.29, 1.82) is 0 Å². The number of anilines is 1. The van der Waals surface area contributed by atoms with E-state index >= 15 is 0 Å². The van der Waals surface area contributed by atoms with Gasteiger partial charge in [0.05, 0.1) is 10.5 Å². The monoisotopic (exact) mass is 361 g/mol. The predicted octanol–water partition coefficient (Wildman–Crippen LogP) is 3.65. The number of amides is 1. The largest absolute Gasteiger partial charge is 0.586 e. The van der Waals surface area contributed by atoms with Crippen LogP contribution in [0.2, 0.25) is 0 Å². The minimum absolute atomic E-state index is 0.143. The molecular formula is C16H9F2N3O5. The van der Waals surface area contributed by atoms with Gasteiger partial charge in [-0.15, -0.1) is 8.78 Å². The molecule has 0 aliphatic carbocycles. The van der Waals surface area contributed by atoms with Crippen molar-refractivity contribution in [3.63, 3.8) is 0 Å². The SMILES string of the molecule is O=C(Nc1ccc2c(c1)OC(F)(F)O2)c1c[nH]c2ccc([N+](=O)[O-])cc12. The van der Waals surface area contributed by atoms with Crippen molar-refractivity contribution >= 4 is 28.2 Å². The number of carbonyl (C=O) groups is 1. The van der Waals surface area contributed by atoms with Crippen LogP contribution in [0.1, 0.15) is 10.4 Å². The normalized spacial score (nSPS) is 14.4. The number of fused-ring (bicyclic) bond motifs is 2. The Labute approximate surface area is 143 Å². The number of halogens is 2. The van der Waals surface area contributed by atoms with Gasteiger partial charge in [-0.2, -0.15) is 0 Å². The Morgan fingerprint density at radius 3 is 2.69 bits per heavy atom. The van der Waals surface area contributed by atoms with Crippen LogP contribution in [0.5, 0.6) is 11.5 Å². The molecule has 0 saturated heterocycles. The average Bonchev–Trinajstić information content (AvgIpc) is 3.12. The van der Waals surface area contributed by atoms with Crippen LogP contribution in [-0.2, 0) is 0 Å². The summed E-state index contributed by atoms with van der Waals surface area (Å²) < 4.78 is 34.7. The Hall–Kier alpha value is -3.69. The summed E-state index contributed by atoms with van der Waals surface area (Å²) in [5, 5.41) is 13.8. The quantitative estimate of drug-likeness (QED) is 0.547. The molecule has 3 aromatic rings. The summed E-state index contributed by atoms with van der Waals surface area (Å²) in [4.78, 5) is 25.7. The fourth-order valence-corrected chi connectivity index (χ4v) is 2.64. The van der Waals surface area contributed by atoms with Crippen LogP contribution in [0.3, 0.4) is 0 Å². The van der Waals surface area contributed by atoms with Crippen molar-refractivity contribution in [2.24, 2.45) is 0 Å². The van der Waals surface area contributed by atoms with Crippen LogP contribution in [0, 0.1) is 10.1 Å². The van der Waals surface area contributed by atoms with E-state index in [1.165, 1.54) is 42.6 Å². The lowest BCUT2D eigenvalue weighted by molar-refractivity contribution is -0.384. The molecule has 1 aliphatic heterocycles. The molecule has 2 N–H and O–H groups in total. The number of non-ortho nitro benzene ring substituents is 1. The molecule has 2 heterocycles. The van der Waals surface area contributed by atoms with Gasteiger partial charge >= 0.3 is 6.29 Å². The smallest absolute Gasteiger partial charge is 0.395 e. The highest BCUT2D eigenvalue weighted by Crippen LogP contribution is 2.42. The number of nitrogens with one attached hydrogen (secondary N) is 2. The molecule has 1 aromatic heterocycles. The topological polar surface area (TPSA) is 106 Å². The Kier molecular flexibility index (Phi) is 3.29. The maximum Gasteiger partial charge on any atom is 0.586 e. The zero-order chi connectivity index (χ0) is 18.5.